The molecular weight excluding hydrogens is 384 g/mol. The summed E-state index contributed by atoms with van der Waals surface area (Å²) in [5.41, 5.74) is 4.06. The third-order valence-electron chi connectivity index (χ3n) is 6.39. The van der Waals surface area contributed by atoms with Gasteiger partial charge in [0.15, 0.2) is 6.29 Å². The zero-order chi connectivity index (χ0) is 20.8. The number of nitrogens with zero attached hydrogens (tertiary/aromatic N) is 1. The van der Waals surface area contributed by atoms with E-state index in [9.17, 15) is 9.59 Å². The minimum atomic E-state index is -0.531. The molecule has 2 saturated heterocycles. The molecule has 1 saturated carbocycles. The van der Waals surface area contributed by atoms with E-state index in [1.807, 2.05) is 30.3 Å². The number of carbonyl (C=O) groups is 2. The minimum absolute atomic E-state index is 0.161. The summed E-state index contributed by atoms with van der Waals surface area (Å²) in [6.07, 6.45) is 7.08. The largest absolute Gasteiger partial charge is 0.447 e. The van der Waals surface area contributed by atoms with Gasteiger partial charge in [0.2, 0.25) is 5.91 Å². The summed E-state index contributed by atoms with van der Waals surface area (Å²) in [5, 5.41) is 0. The van der Waals surface area contributed by atoms with E-state index >= 15 is 0 Å². The molecular formula is C23H32N2O5. The van der Waals surface area contributed by atoms with Crippen molar-refractivity contribution in [1.29, 1.82) is 0 Å². The second kappa shape index (κ2) is 10.4. The lowest BCUT2D eigenvalue weighted by atomic mass is 9.78. The van der Waals surface area contributed by atoms with Gasteiger partial charge in [-0.05, 0) is 37.2 Å². The van der Waals surface area contributed by atoms with E-state index in [-0.39, 0.29) is 30.8 Å². The van der Waals surface area contributed by atoms with Gasteiger partial charge in [-0.25, -0.2) is 9.69 Å². The Morgan fingerprint density at radius 2 is 2.00 bits per heavy atom. The molecule has 7 nitrogen and oxygen atoms in total. The van der Waals surface area contributed by atoms with Crippen molar-refractivity contribution in [3.63, 3.8) is 0 Å². The predicted octanol–water partition coefficient (Wildman–Crippen LogP) is 3.43. The Kier molecular flexibility index (Phi) is 7.36. The van der Waals surface area contributed by atoms with Crippen molar-refractivity contribution in [2.75, 3.05) is 19.8 Å². The van der Waals surface area contributed by atoms with Crippen LogP contribution in [0.15, 0.2) is 30.3 Å². The summed E-state index contributed by atoms with van der Waals surface area (Å²) in [6, 6.07) is 9.64. The van der Waals surface area contributed by atoms with Gasteiger partial charge in [0, 0.05) is 19.6 Å². The highest BCUT2D eigenvalue weighted by molar-refractivity contribution is 5.95. The Morgan fingerprint density at radius 3 is 2.70 bits per heavy atom. The first kappa shape index (κ1) is 21.3. The molecule has 1 aliphatic carbocycles. The molecule has 2 heterocycles. The second-order valence-electron chi connectivity index (χ2n) is 8.62. The first-order valence-electron chi connectivity index (χ1n) is 11.2. The molecule has 0 aromatic heterocycles. The van der Waals surface area contributed by atoms with Crippen LogP contribution in [0.3, 0.4) is 0 Å². The summed E-state index contributed by atoms with van der Waals surface area (Å²) in [5.74, 6) is 0.0617. The summed E-state index contributed by atoms with van der Waals surface area (Å²) in [6.45, 7) is 1.32. The minimum Gasteiger partial charge on any atom is -0.447 e. The first-order chi connectivity index (χ1) is 14.7. The number of carbonyl (C=O) groups excluding carboxylic acids is 2. The maximum absolute atomic E-state index is 13.4. The van der Waals surface area contributed by atoms with Crippen LogP contribution in [0.1, 0.15) is 50.5 Å². The van der Waals surface area contributed by atoms with Gasteiger partial charge in [-0.1, -0.05) is 49.6 Å². The Morgan fingerprint density at radius 1 is 1.17 bits per heavy atom. The van der Waals surface area contributed by atoms with Crippen LogP contribution in [0.4, 0.5) is 4.79 Å². The molecule has 0 bridgehead atoms. The molecule has 30 heavy (non-hydrogen) atoms. The van der Waals surface area contributed by atoms with E-state index in [2.05, 4.69) is 5.48 Å². The quantitative estimate of drug-likeness (QED) is 0.622. The number of cyclic esters (lactones) is 1. The van der Waals surface area contributed by atoms with Crippen molar-refractivity contribution < 1.29 is 23.9 Å². The fourth-order valence-electron chi connectivity index (χ4n) is 4.41. The van der Waals surface area contributed by atoms with E-state index in [0.29, 0.717) is 25.5 Å². The van der Waals surface area contributed by atoms with E-state index in [0.717, 1.165) is 44.1 Å². The number of hydroxylamine groups is 1. The lowest BCUT2D eigenvalue weighted by Gasteiger charge is -2.32. The van der Waals surface area contributed by atoms with Crippen molar-refractivity contribution in [1.82, 2.24) is 10.4 Å². The van der Waals surface area contributed by atoms with Crippen LogP contribution in [-0.4, -0.2) is 49.0 Å². The summed E-state index contributed by atoms with van der Waals surface area (Å²) in [7, 11) is 0. The second-order valence-corrected chi connectivity index (χ2v) is 8.62. The van der Waals surface area contributed by atoms with E-state index in [1.54, 1.807) is 0 Å². The molecule has 0 spiro atoms. The zero-order valence-corrected chi connectivity index (χ0v) is 17.5. The zero-order valence-electron chi connectivity index (χ0n) is 17.5. The van der Waals surface area contributed by atoms with Crippen LogP contribution < -0.4 is 5.48 Å². The molecule has 2 amide bonds. The van der Waals surface area contributed by atoms with Gasteiger partial charge in [-0.2, -0.15) is 5.48 Å². The Bertz CT molecular complexity index is 703. The van der Waals surface area contributed by atoms with Gasteiger partial charge in [-0.3, -0.25) is 9.63 Å². The van der Waals surface area contributed by atoms with Crippen LogP contribution in [0.2, 0.25) is 0 Å². The number of amides is 2. The fourth-order valence-corrected chi connectivity index (χ4v) is 4.41. The number of benzene rings is 1. The Labute approximate surface area is 178 Å². The highest BCUT2D eigenvalue weighted by atomic mass is 16.8. The van der Waals surface area contributed by atoms with Gasteiger partial charge in [0.1, 0.15) is 6.61 Å². The highest BCUT2D eigenvalue weighted by Crippen LogP contribution is 2.33. The molecule has 1 N–H and O–H groups in total. The molecule has 1 aromatic carbocycles. The number of imide groups is 1. The van der Waals surface area contributed by atoms with Crippen molar-refractivity contribution in [2.45, 2.75) is 63.7 Å². The average molecular weight is 417 g/mol. The molecule has 3 aliphatic rings. The highest BCUT2D eigenvalue weighted by Gasteiger charge is 2.41. The molecule has 1 aromatic rings. The Hall–Kier alpha value is -1.96. The van der Waals surface area contributed by atoms with Crippen LogP contribution in [0.5, 0.6) is 0 Å². The SMILES string of the molecule is O=C1OCC(Cc2ccccc2)N1C(=O)C(CNOC1CCCCO1)CC1CCC1. The molecule has 7 heteroatoms. The van der Waals surface area contributed by atoms with Gasteiger partial charge in [0.05, 0.1) is 12.0 Å². The molecule has 3 atom stereocenters. The third-order valence-corrected chi connectivity index (χ3v) is 6.39. The van der Waals surface area contributed by atoms with E-state index in [4.69, 9.17) is 14.3 Å². The molecule has 0 radical (unpaired) electrons. The Balaban J connectivity index is 1.38. The topological polar surface area (TPSA) is 77.1 Å². The number of ether oxygens (including phenoxy) is 2. The first-order valence-corrected chi connectivity index (χ1v) is 11.2. The predicted molar refractivity (Wildman–Crippen MR) is 110 cm³/mol. The van der Waals surface area contributed by atoms with Crippen LogP contribution in [0, 0.1) is 11.8 Å². The standard InChI is InChI=1S/C23H32N2O5/c26-22(25-20(16-29-23(25)27)14-18-7-2-1-3-8-18)19(13-17-9-6-10-17)15-24-30-21-11-4-5-12-28-21/h1-3,7-8,17,19-21,24H,4-6,9-16H2. The fraction of sp³-hybridized carbons (Fsp3) is 0.652. The lowest BCUT2D eigenvalue weighted by molar-refractivity contribution is -0.199. The summed E-state index contributed by atoms with van der Waals surface area (Å²) in [4.78, 5) is 32.8. The molecule has 2 aliphatic heterocycles. The van der Waals surface area contributed by atoms with Gasteiger partial charge in [-0.15, -0.1) is 0 Å². The molecule has 4 rings (SSSR count). The van der Waals surface area contributed by atoms with Crippen molar-refractivity contribution in [2.24, 2.45) is 11.8 Å². The monoisotopic (exact) mass is 416 g/mol. The summed E-state index contributed by atoms with van der Waals surface area (Å²) < 4.78 is 10.8. The van der Waals surface area contributed by atoms with Crippen molar-refractivity contribution in [3.05, 3.63) is 35.9 Å². The molecule has 164 valence electrons. The van der Waals surface area contributed by atoms with Gasteiger partial charge < -0.3 is 9.47 Å². The van der Waals surface area contributed by atoms with E-state index in [1.165, 1.54) is 11.3 Å². The number of hydrogen-bond donors (Lipinski definition) is 1. The number of nitrogens with one attached hydrogen (secondary N) is 1. The maximum Gasteiger partial charge on any atom is 0.416 e. The number of rotatable bonds is 9. The summed E-state index contributed by atoms with van der Waals surface area (Å²) >= 11 is 0. The number of hydrogen-bond acceptors (Lipinski definition) is 6. The van der Waals surface area contributed by atoms with Crippen LogP contribution >= 0.6 is 0 Å². The van der Waals surface area contributed by atoms with Crippen LogP contribution in [0.25, 0.3) is 0 Å². The third kappa shape index (κ3) is 5.39. The van der Waals surface area contributed by atoms with Gasteiger partial charge >= 0.3 is 6.09 Å². The smallest absolute Gasteiger partial charge is 0.416 e. The lowest BCUT2D eigenvalue weighted by Crippen LogP contribution is -2.47. The normalized spacial score (nSPS) is 25.6. The van der Waals surface area contributed by atoms with Crippen molar-refractivity contribution >= 4 is 12.0 Å². The van der Waals surface area contributed by atoms with E-state index < -0.39 is 6.09 Å². The maximum atomic E-state index is 13.4. The van der Waals surface area contributed by atoms with Crippen LogP contribution in [-0.2, 0) is 25.5 Å². The molecule has 3 unspecified atom stereocenters. The van der Waals surface area contributed by atoms with Crippen molar-refractivity contribution in [3.8, 4) is 0 Å². The average Bonchev–Trinajstić information content (AvgIpc) is 3.10. The van der Waals surface area contributed by atoms with Gasteiger partial charge in [0.25, 0.3) is 0 Å². The molecule has 3 fully saturated rings.